The van der Waals surface area contributed by atoms with E-state index in [1.165, 1.54) is 38.9 Å². The Labute approximate surface area is 223 Å². The van der Waals surface area contributed by atoms with Gasteiger partial charge >= 0.3 is 0 Å². The first-order chi connectivity index (χ1) is 17.1. The van der Waals surface area contributed by atoms with Crippen LogP contribution < -0.4 is 5.32 Å². The molecule has 3 heterocycles. The minimum Gasteiger partial charge on any atom is -0.393 e. The Morgan fingerprint density at radius 3 is 2.49 bits per heavy atom. The first-order valence-corrected chi connectivity index (χ1v) is 15.5. The minimum absolute atomic E-state index is 0.129. The van der Waals surface area contributed by atoms with Crippen LogP contribution in [0.2, 0.25) is 0 Å². The molecule has 0 spiro atoms. The van der Waals surface area contributed by atoms with Gasteiger partial charge < -0.3 is 10.4 Å². The monoisotopic (exact) mass is 598 g/mol. The summed E-state index contributed by atoms with van der Waals surface area (Å²) >= 11 is 2.32. The van der Waals surface area contributed by atoms with E-state index in [0.29, 0.717) is 0 Å². The van der Waals surface area contributed by atoms with E-state index in [0.717, 1.165) is 50.1 Å². The molecule has 2 aromatic carbocycles. The number of aryl methyl sites for hydroxylation is 1. The maximum atomic E-state index is 9.75. The number of hydrogen-bond acceptors (Lipinski definition) is 5. The summed E-state index contributed by atoms with van der Waals surface area (Å²) in [6.07, 6.45) is 6.79. The second-order valence-corrected chi connectivity index (χ2v) is 10.9. The largest absolute Gasteiger partial charge is 0.393 e. The molecule has 5 rings (SSSR count). The summed E-state index contributed by atoms with van der Waals surface area (Å²) in [4.78, 5) is 7.29. The molecule has 0 radical (unpaired) electrons. The number of pyridine rings is 1. The Hall–Kier alpha value is -2.07. The smallest absolute Gasteiger partial charge is 0.151 e. The van der Waals surface area contributed by atoms with Gasteiger partial charge in [0.25, 0.3) is 0 Å². The summed E-state index contributed by atoms with van der Waals surface area (Å²) in [7, 11) is 3.62. The number of piperidine rings is 1. The van der Waals surface area contributed by atoms with Crippen LogP contribution in [-0.4, -0.2) is 45.2 Å². The van der Waals surface area contributed by atoms with Crippen molar-refractivity contribution in [1.82, 2.24) is 13.9 Å². The first-order valence-electron chi connectivity index (χ1n) is 12.2. The summed E-state index contributed by atoms with van der Waals surface area (Å²) in [5, 5.41) is 14.2. The van der Waals surface area contributed by atoms with E-state index >= 15 is 0 Å². The van der Waals surface area contributed by atoms with E-state index in [-0.39, 0.29) is 6.10 Å². The van der Waals surface area contributed by atoms with E-state index in [4.69, 9.17) is 4.98 Å². The average Bonchev–Trinajstić information content (AvgIpc) is 3.28. The lowest BCUT2D eigenvalue weighted by Crippen LogP contribution is -2.35. The van der Waals surface area contributed by atoms with Gasteiger partial charge in [-0.25, -0.2) is 4.98 Å². The summed E-state index contributed by atoms with van der Waals surface area (Å²) < 4.78 is 2.14. The molecule has 0 saturated carbocycles. The number of rotatable bonds is 7. The van der Waals surface area contributed by atoms with E-state index < -0.39 is 0 Å². The van der Waals surface area contributed by atoms with Gasteiger partial charge in [-0.2, -0.15) is 0 Å². The standard InChI is InChI=1S/C28H31IN4OS/c1-3-20-14-22(8-9-27(20)30-2)26-18-33(35-29)28-25(26)15-23(16-31-28)21-6-4-19(5-7-21)17-32-12-10-24(34)11-13-32/h4-9,14-16,18,24,30,34H,3,10-13,17H2,1-2H3. The Kier molecular flexibility index (Phi) is 7.67. The van der Waals surface area contributed by atoms with Crippen molar-refractivity contribution in [2.45, 2.75) is 38.8 Å². The predicted octanol–water partition coefficient (Wildman–Crippen LogP) is 6.78. The number of aliphatic hydroxyl groups excluding tert-OH is 1. The highest BCUT2D eigenvalue weighted by Crippen LogP contribution is 2.37. The topological polar surface area (TPSA) is 53.3 Å². The molecule has 0 aliphatic carbocycles. The molecule has 182 valence electrons. The van der Waals surface area contributed by atoms with Gasteiger partial charge in [0.1, 0.15) is 0 Å². The van der Waals surface area contributed by atoms with Crippen molar-refractivity contribution in [2.24, 2.45) is 0 Å². The molecular weight excluding hydrogens is 567 g/mol. The van der Waals surface area contributed by atoms with Crippen molar-refractivity contribution in [3.63, 3.8) is 0 Å². The SMILES string of the molecule is CCc1cc(-c2cn(SI)c3ncc(-c4ccc(CN5CCC(O)CC5)cc4)cc23)ccc1NC. The molecular formula is C28H31IN4OS. The van der Waals surface area contributed by atoms with Crippen LogP contribution in [0.5, 0.6) is 0 Å². The predicted molar refractivity (Wildman–Crippen MR) is 157 cm³/mol. The van der Waals surface area contributed by atoms with Crippen LogP contribution in [-0.2, 0) is 13.0 Å². The molecule has 1 aliphatic rings. The number of hydrogen-bond donors (Lipinski definition) is 2. The molecule has 2 aromatic heterocycles. The van der Waals surface area contributed by atoms with Crippen molar-refractivity contribution < 1.29 is 5.11 Å². The van der Waals surface area contributed by atoms with Gasteiger partial charge in [0.05, 0.1) is 6.10 Å². The Morgan fingerprint density at radius 1 is 1.06 bits per heavy atom. The lowest BCUT2D eigenvalue weighted by Gasteiger charge is -2.29. The number of nitrogens with one attached hydrogen (secondary N) is 1. The third-order valence-electron chi connectivity index (χ3n) is 7.00. The highest BCUT2D eigenvalue weighted by atomic mass is 127. The number of halogens is 1. The molecule has 0 amide bonds. The van der Waals surface area contributed by atoms with Crippen molar-refractivity contribution in [3.05, 3.63) is 72.1 Å². The van der Waals surface area contributed by atoms with Crippen LogP contribution in [0.3, 0.4) is 0 Å². The molecule has 0 unspecified atom stereocenters. The molecule has 2 N–H and O–H groups in total. The maximum absolute atomic E-state index is 9.75. The minimum atomic E-state index is -0.129. The molecule has 0 atom stereocenters. The highest BCUT2D eigenvalue weighted by Gasteiger charge is 2.17. The number of likely N-dealkylation sites (tertiary alicyclic amines) is 1. The molecule has 1 fully saturated rings. The van der Waals surface area contributed by atoms with Gasteiger partial charge in [0.15, 0.2) is 5.65 Å². The first kappa shape index (κ1) is 24.6. The van der Waals surface area contributed by atoms with Crippen LogP contribution in [0.1, 0.15) is 30.9 Å². The highest BCUT2D eigenvalue weighted by molar-refractivity contribution is 14.2. The Morgan fingerprint density at radius 2 is 1.80 bits per heavy atom. The normalized spacial score (nSPS) is 15.1. The number of aliphatic hydroxyl groups is 1. The molecule has 35 heavy (non-hydrogen) atoms. The quantitative estimate of drug-likeness (QED) is 0.230. The molecule has 7 heteroatoms. The zero-order valence-electron chi connectivity index (χ0n) is 20.2. The van der Waals surface area contributed by atoms with E-state index in [9.17, 15) is 5.11 Å². The van der Waals surface area contributed by atoms with Crippen molar-refractivity contribution in [1.29, 1.82) is 0 Å². The van der Waals surface area contributed by atoms with Crippen LogP contribution in [0.4, 0.5) is 5.69 Å². The molecule has 1 saturated heterocycles. The second kappa shape index (κ2) is 10.9. The zero-order valence-corrected chi connectivity index (χ0v) is 23.1. The number of aromatic nitrogens is 2. The van der Waals surface area contributed by atoms with E-state index in [1.807, 2.05) is 13.2 Å². The van der Waals surface area contributed by atoms with Crippen LogP contribution >= 0.6 is 30.3 Å². The number of benzene rings is 2. The van der Waals surface area contributed by atoms with Gasteiger partial charge in [-0.05, 0) is 59.7 Å². The fourth-order valence-electron chi connectivity index (χ4n) is 4.96. The van der Waals surface area contributed by atoms with Crippen LogP contribution in [0.15, 0.2) is 60.9 Å². The lowest BCUT2D eigenvalue weighted by molar-refractivity contribution is 0.0792. The second-order valence-electron chi connectivity index (χ2n) is 9.21. The third kappa shape index (κ3) is 5.23. The number of nitrogens with zero attached hydrogens (tertiary/aromatic N) is 3. The van der Waals surface area contributed by atoms with Crippen LogP contribution in [0.25, 0.3) is 33.3 Å². The van der Waals surface area contributed by atoms with Crippen molar-refractivity contribution in [2.75, 3.05) is 25.5 Å². The number of fused-ring (bicyclic) bond motifs is 1. The number of anilines is 1. The Balaban J connectivity index is 1.46. The molecule has 4 aromatic rings. The summed E-state index contributed by atoms with van der Waals surface area (Å²) in [5.74, 6) is 0. The van der Waals surface area contributed by atoms with Gasteiger partial charge in [-0.15, -0.1) is 0 Å². The van der Waals surface area contributed by atoms with Gasteiger partial charge in [-0.1, -0.05) is 37.3 Å². The molecule has 5 nitrogen and oxygen atoms in total. The third-order valence-corrected chi connectivity index (χ3v) is 8.70. The summed E-state index contributed by atoms with van der Waals surface area (Å²) in [6.45, 7) is 5.06. The van der Waals surface area contributed by atoms with Crippen molar-refractivity contribution in [3.8, 4) is 22.3 Å². The lowest BCUT2D eigenvalue weighted by atomic mass is 9.99. The zero-order chi connectivity index (χ0) is 24.4. The van der Waals surface area contributed by atoms with Crippen molar-refractivity contribution >= 4 is 47.0 Å². The molecule has 1 aliphatic heterocycles. The summed E-state index contributed by atoms with van der Waals surface area (Å²) in [6, 6.07) is 17.8. The van der Waals surface area contributed by atoms with Gasteiger partial charge in [0, 0.05) is 91.6 Å². The summed E-state index contributed by atoms with van der Waals surface area (Å²) in [5.41, 5.74) is 9.53. The average molecular weight is 599 g/mol. The molecule has 0 bridgehead atoms. The fourth-order valence-corrected chi connectivity index (χ4v) is 6.21. The fraction of sp³-hybridized carbons (Fsp3) is 0.321. The van der Waals surface area contributed by atoms with Gasteiger partial charge in [0.2, 0.25) is 0 Å². The van der Waals surface area contributed by atoms with Crippen LogP contribution in [0, 0.1) is 0 Å². The maximum Gasteiger partial charge on any atom is 0.151 e. The van der Waals surface area contributed by atoms with E-state index in [1.54, 1.807) is 9.12 Å². The Bertz CT molecular complexity index is 1310. The van der Waals surface area contributed by atoms with Gasteiger partial charge in [-0.3, -0.25) is 8.87 Å². The van der Waals surface area contributed by atoms with E-state index in [2.05, 4.69) is 97.0 Å².